The maximum absolute atomic E-state index is 13.8. The molecule has 0 radical (unpaired) electrons. The van der Waals surface area contributed by atoms with Crippen molar-refractivity contribution in [3.05, 3.63) is 66.4 Å². The number of benzene rings is 2. The molecule has 19 heavy (non-hydrogen) atoms. The van der Waals surface area contributed by atoms with Crippen LogP contribution in [-0.4, -0.2) is 9.97 Å². The third-order valence-corrected chi connectivity index (χ3v) is 2.80. The first-order valence-corrected chi connectivity index (χ1v) is 5.89. The highest BCUT2D eigenvalue weighted by atomic mass is 19.1. The lowest BCUT2D eigenvalue weighted by Crippen LogP contribution is -1.97. The Labute approximate surface area is 109 Å². The fourth-order valence-corrected chi connectivity index (χ4v) is 1.83. The summed E-state index contributed by atoms with van der Waals surface area (Å²) in [5, 5.41) is 0.659. The highest BCUT2D eigenvalue weighted by molar-refractivity contribution is 5.79. The lowest BCUT2D eigenvalue weighted by molar-refractivity contribution is 0.291. The summed E-state index contributed by atoms with van der Waals surface area (Å²) in [6.07, 6.45) is 3.01. The number of hydrogen-bond donors (Lipinski definition) is 0. The Morgan fingerprint density at radius 3 is 2.79 bits per heavy atom. The average molecular weight is 254 g/mol. The first-order chi connectivity index (χ1) is 9.33. The minimum Gasteiger partial charge on any atom is -0.486 e. The predicted molar refractivity (Wildman–Crippen MR) is 70.3 cm³/mol. The second kappa shape index (κ2) is 5.02. The van der Waals surface area contributed by atoms with Crippen LogP contribution in [0.3, 0.4) is 0 Å². The highest BCUT2D eigenvalue weighted by Gasteiger charge is 2.07. The molecule has 0 fully saturated rings. The van der Waals surface area contributed by atoms with Crippen LogP contribution in [0.1, 0.15) is 5.56 Å². The van der Waals surface area contributed by atoms with E-state index < -0.39 is 5.82 Å². The summed E-state index contributed by atoms with van der Waals surface area (Å²) >= 11 is 0. The van der Waals surface area contributed by atoms with Gasteiger partial charge in [0.25, 0.3) is 0 Å². The summed E-state index contributed by atoms with van der Waals surface area (Å²) in [6.45, 7) is 0.328. The lowest BCUT2D eigenvalue weighted by Gasteiger charge is -2.08. The smallest absolute Gasteiger partial charge is 0.165 e. The standard InChI is InChI=1S/C15H11FN2O/c16-13-6-12-8-17-10-18-14(12)7-15(13)19-9-11-4-2-1-3-5-11/h1-8,10H,9H2. The molecule has 3 nitrogen and oxygen atoms in total. The summed E-state index contributed by atoms with van der Waals surface area (Å²) in [4.78, 5) is 7.94. The monoisotopic (exact) mass is 254 g/mol. The van der Waals surface area contributed by atoms with Crippen LogP contribution in [-0.2, 0) is 6.61 Å². The summed E-state index contributed by atoms with van der Waals surface area (Å²) in [6, 6.07) is 12.6. The van der Waals surface area contributed by atoms with E-state index in [0.717, 1.165) is 5.56 Å². The summed E-state index contributed by atoms with van der Waals surface area (Å²) < 4.78 is 19.3. The Morgan fingerprint density at radius 1 is 1.11 bits per heavy atom. The van der Waals surface area contributed by atoms with Crippen molar-refractivity contribution in [2.45, 2.75) is 6.61 Å². The molecule has 0 aliphatic rings. The molecule has 0 saturated carbocycles. The summed E-state index contributed by atoms with van der Waals surface area (Å²) in [5.41, 5.74) is 1.66. The van der Waals surface area contributed by atoms with Gasteiger partial charge in [0.05, 0.1) is 5.52 Å². The van der Waals surface area contributed by atoms with Crippen LogP contribution in [0.5, 0.6) is 5.75 Å². The minimum atomic E-state index is -0.404. The molecule has 1 aromatic heterocycles. The average Bonchev–Trinajstić information content (AvgIpc) is 2.46. The van der Waals surface area contributed by atoms with Crippen molar-refractivity contribution in [3.63, 3.8) is 0 Å². The van der Waals surface area contributed by atoms with E-state index in [9.17, 15) is 4.39 Å². The molecule has 4 heteroatoms. The molecule has 0 aliphatic heterocycles. The predicted octanol–water partition coefficient (Wildman–Crippen LogP) is 3.35. The van der Waals surface area contributed by atoms with Gasteiger partial charge in [-0.15, -0.1) is 0 Å². The highest BCUT2D eigenvalue weighted by Crippen LogP contribution is 2.23. The zero-order valence-corrected chi connectivity index (χ0v) is 10.1. The second-order valence-corrected chi connectivity index (χ2v) is 4.14. The van der Waals surface area contributed by atoms with E-state index in [-0.39, 0.29) is 5.75 Å². The van der Waals surface area contributed by atoms with Crippen LogP contribution in [0.25, 0.3) is 10.9 Å². The number of aromatic nitrogens is 2. The van der Waals surface area contributed by atoms with Crippen molar-refractivity contribution in [3.8, 4) is 5.75 Å². The van der Waals surface area contributed by atoms with Gasteiger partial charge in [-0.05, 0) is 11.6 Å². The van der Waals surface area contributed by atoms with E-state index in [1.807, 2.05) is 30.3 Å². The normalized spacial score (nSPS) is 10.6. The molecule has 0 aliphatic carbocycles. The molecular weight excluding hydrogens is 243 g/mol. The first-order valence-electron chi connectivity index (χ1n) is 5.89. The van der Waals surface area contributed by atoms with Gasteiger partial charge in [0.2, 0.25) is 0 Å². The van der Waals surface area contributed by atoms with Crippen LogP contribution in [0.2, 0.25) is 0 Å². The lowest BCUT2D eigenvalue weighted by atomic mass is 10.2. The Morgan fingerprint density at radius 2 is 1.95 bits per heavy atom. The van der Waals surface area contributed by atoms with Crippen molar-refractivity contribution in [2.24, 2.45) is 0 Å². The first kappa shape index (κ1) is 11.6. The van der Waals surface area contributed by atoms with Crippen LogP contribution >= 0.6 is 0 Å². The van der Waals surface area contributed by atoms with E-state index >= 15 is 0 Å². The molecule has 94 valence electrons. The number of rotatable bonds is 3. The van der Waals surface area contributed by atoms with Crippen LogP contribution in [0.4, 0.5) is 4.39 Å². The molecular formula is C15H11FN2O. The molecule has 0 unspecified atom stereocenters. The Kier molecular flexibility index (Phi) is 3.06. The molecule has 2 aromatic carbocycles. The van der Waals surface area contributed by atoms with Crippen molar-refractivity contribution in [1.82, 2.24) is 9.97 Å². The number of fused-ring (bicyclic) bond motifs is 1. The maximum Gasteiger partial charge on any atom is 0.165 e. The van der Waals surface area contributed by atoms with Gasteiger partial charge in [0.15, 0.2) is 11.6 Å². The van der Waals surface area contributed by atoms with E-state index in [2.05, 4.69) is 9.97 Å². The number of ether oxygens (including phenoxy) is 1. The van der Waals surface area contributed by atoms with Gasteiger partial charge in [0, 0.05) is 17.6 Å². The Bertz CT molecular complexity index is 701. The summed E-state index contributed by atoms with van der Waals surface area (Å²) in [5.74, 6) is -0.201. The van der Waals surface area contributed by atoms with Gasteiger partial charge in [-0.25, -0.2) is 14.4 Å². The number of nitrogens with zero attached hydrogens (tertiary/aromatic N) is 2. The van der Waals surface area contributed by atoms with Crippen LogP contribution in [0.15, 0.2) is 55.0 Å². The zero-order valence-electron chi connectivity index (χ0n) is 10.1. The maximum atomic E-state index is 13.8. The largest absolute Gasteiger partial charge is 0.486 e. The van der Waals surface area contributed by atoms with Gasteiger partial charge in [-0.3, -0.25) is 0 Å². The number of hydrogen-bond acceptors (Lipinski definition) is 3. The van der Waals surface area contributed by atoms with Gasteiger partial charge < -0.3 is 4.74 Å². The zero-order chi connectivity index (χ0) is 13.1. The van der Waals surface area contributed by atoms with Crippen LogP contribution < -0.4 is 4.74 Å². The third kappa shape index (κ3) is 2.52. The van der Waals surface area contributed by atoms with E-state index in [0.29, 0.717) is 17.5 Å². The third-order valence-electron chi connectivity index (χ3n) is 2.80. The summed E-state index contributed by atoms with van der Waals surface area (Å²) in [7, 11) is 0. The van der Waals surface area contributed by atoms with Gasteiger partial charge in [-0.1, -0.05) is 30.3 Å². The van der Waals surface area contributed by atoms with Crippen LogP contribution in [0, 0.1) is 5.82 Å². The van der Waals surface area contributed by atoms with Gasteiger partial charge >= 0.3 is 0 Å². The molecule has 0 amide bonds. The molecule has 3 aromatic rings. The van der Waals surface area contributed by atoms with E-state index in [4.69, 9.17) is 4.74 Å². The fraction of sp³-hybridized carbons (Fsp3) is 0.0667. The van der Waals surface area contributed by atoms with Gasteiger partial charge in [-0.2, -0.15) is 0 Å². The minimum absolute atomic E-state index is 0.204. The molecule has 0 atom stereocenters. The molecule has 0 spiro atoms. The van der Waals surface area contributed by atoms with Crippen molar-refractivity contribution in [1.29, 1.82) is 0 Å². The molecule has 0 N–H and O–H groups in total. The Balaban J connectivity index is 1.86. The molecule has 0 bridgehead atoms. The number of halogens is 1. The van der Waals surface area contributed by atoms with Crippen molar-refractivity contribution >= 4 is 10.9 Å². The Hall–Kier alpha value is -2.49. The van der Waals surface area contributed by atoms with Gasteiger partial charge in [0.1, 0.15) is 12.9 Å². The van der Waals surface area contributed by atoms with E-state index in [1.54, 1.807) is 12.3 Å². The molecule has 1 heterocycles. The van der Waals surface area contributed by atoms with E-state index in [1.165, 1.54) is 12.4 Å². The van der Waals surface area contributed by atoms with Crippen molar-refractivity contribution < 1.29 is 9.13 Å². The SMILES string of the molecule is Fc1cc2cncnc2cc1OCc1ccccc1. The second-order valence-electron chi connectivity index (χ2n) is 4.14. The fourth-order valence-electron chi connectivity index (χ4n) is 1.83. The quantitative estimate of drug-likeness (QED) is 0.719. The topological polar surface area (TPSA) is 35.0 Å². The van der Waals surface area contributed by atoms with Crippen molar-refractivity contribution in [2.75, 3.05) is 0 Å². The molecule has 3 rings (SSSR count). The molecule has 0 saturated heterocycles.